The van der Waals surface area contributed by atoms with E-state index < -0.39 is 6.04 Å². The number of nitrogens with zero attached hydrogens (tertiary/aromatic N) is 3. The van der Waals surface area contributed by atoms with Gasteiger partial charge in [-0.05, 0) is 39.2 Å². The first-order valence-corrected chi connectivity index (χ1v) is 8.59. The van der Waals surface area contributed by atoms with E-state index in [9.17, 15) is 9.59 Å². The van der Waals surface area contributed by atoms with E-state index in [0.29, 0.717) is 13.1 Å². The molecule has 0 saturated carbocycles. The van der Waals surface area contributed by atoms with Crippen molar-refractivity contribution in [2.24, 2.45) is 0 Å². The van der Waals surface area contributed by atoms with Crippen LogP contribution in [0.3, 0.4) is 0 Å². The van der Waals surface area contributed by atoms with E-state index in [-0.39, 0.29) is 24.3 Å². The Labute approximate surface area is 142 Å². The standard InChI is InChI=1S/C18H25N3O3/c1-13(2)24-16-10-7-11-20-18(23)19(14(3)17(22)21(16)20)12-15-8-5-4-6-9-15/h4-6,8-9,13-14,16H,7,10-12H2,1-3H3/t14-,16?/m0/s1. The smallest absolute Gasteiger partial charge is 0.339 e. The Morgan fingerprint density at radius 1 is 1.21 bits per heavy atom. The van der Waals surface area contributed by atoms with Crippen LogP contribution in [0.15, 0.2) is 30.3 Å². The molecule has 0 spiro atoms. The molecule has 24 heavy (non-hydrogen) atoms. The lowest BCUT2D eigenvalue weighted by atomic mass is 10.1. The maximum absolute atomic E-state index is 13.0. The van der Waals surface area contributed by atoms with Crippen LogP contribution in [0.25, 0.3) is 0 Å². The molecule has 0 aromatic heterocycles. The van der Waals surface area contributed by atoms with Crippen LogP contribution in [0.2, 0.25) is 0 Å². The van der Waals surface area contributed by atoms with E-state index in [2.05, 4.69) is 0 Å². The molecule has 2 fully saturated rings. The third-order valence-corrected chi connectivity index (χ3v) is 4.50. The maximum atomic E-state index is 13.0. The molecular weight excluding hydrogens is 306 g/mol. The summed E-state index contributed by atoms with van der Waals surface area (Å²) in [5.74, 6) is -0.0733. The summed E-state index contributed by atoms with van der Waals surface area (Å²) in [6.07, 6.45) is 1.26. The number of ether oxygens (including phenoxy) is 1. The van der Waals surface area contributed by atoms with Crippen molar-refractivity contribution >= 4 is 11.9 Å². The Kier molecular flexibility index (Phi) is 4.76. The Morgan fingerprint density at radius 3 is 2.58 bits per heavy atom. The van der Waals surface area contributed by atoms with Gasteiger partial charge in [-0.1, -0.05) is 30.3 Å². The third kappa shape index (κ3) is 3.11. The van der Waals surface area contributed by atoms with Crippen molar-refractivity contribution in [1.82, 2.24) is 14.9 Å². The minimum atomic E-state index is -0.495. The highest BCUT2D eigenvalue weighted by molar-refractivity contribution is 5.92. The Hall–Kier alpha value is -2.08. The molecule has 1 unspecified atom stereocenters. The van der Waals surface area contributed by atoms with Gasteiger partial charge in [-0.3, -0.25) is 4.79 Å². The van der Waals surface area contributed by atoms with Crippen LogP contribution in [0, 0.1) is 0 Å². The average molecular weight is 331 g/mol. The van der Waals surface area contributed by atoms with Gasteiger partial charge in [0.15, 0.2) is 6.23 Å². The zero-order valence-electron chi connectivity index (χ0n) is 14.5. The number of rotatable bonds is 4. The van der Waals surface area contributed by atoms with E-state index in [1.165, 1.54) is 5.01 Å². The summed E-state index contributed by atoms with van der Waals surface area (Å²) in [6.45, 7) is 6.68. The van der Waals surface area contributed by atoms with Crippen molar-refractivity contribution in [2.75, 3.05) is 6.54 Å². The topological polar surface area (TPSA) is 53.1 Å². The van der Waals surface area contributed by atoms with Gasteiger partial charge in [0, 0.05) is 13.1 Å². The molecule has 0 N–H and O–H groups in total. The van der Waals surface area contributed by atoms with E-state index >= 15 is 0 Å². The van der Waals surface area contributed by atoms with Crippen molar-refractivity contribution in [2.45, 2.75) is 58.5 Å². The first kappa shape index (κ1) is 16.8. The van der Waals surface area contributed by atoms with Crippen LogP contribution < -0.4 is 0 Å². The predicted molar refractivity (Wildman–Crippen MR) is 89.6 cm³/mol. The number of hydrazine groups is 1. The molecule has 3 amide bonds. The highest BCUT2D eigenvalue weighted by atomic mass is 16.5. The van der Waals surface area contributed by atoms with Gasteiger partial charge in [0.05, 0.1) is 6.10 Å². The summed E-state index contributed by atoms with van der Waals surface area (Å²) in [4.78, 5) is 27.5. The fraction of sp³-hybridized carbons (Fsp3) is 0.556. The third-order valence-electron chi connectivity index (χ3n) is 4.50. The lowest BCUT2D eigenvalue weighted by Gasteiger charge is -2.51. The Bertz CT molecular complexity index is 605. The van der Waals surface area contributed by atoms with E-state index in [1.807, 2.05) is 44.2 Å². The van der Waals surface area contributed by atoms with E-state index in [1.54, 1.807) is 16.8 Å². The van der Waals surface area contributed by atoms with E-state index in [4.69, 9.17) is 4.74 Å². The lowest BCUT2D eigenvalue weighted by molar-refractivity contribution is -0.210. The zero-order chi connectivity index (χ0) is 17.3. The summed E-state index contributed by atoms with van der Waals surface area (Å²) < 4.78 is 5.87. The Balaban J connectivity index is 1.82. The minimum absolute atomic E-state index is 0.00973. The zero-order valence-corrected chi connectivity index (χ0v) is 14.5. The van der Waals surface area contributed by atoms with Gasteiger partial charge in [-0.2, -0.15) is 0 Å². The number of hydrogen-bond donors (Lipinski definition) is 0. The maximum Gasteiger partial charge on any atom is 0.339 e. The van der Waals surface area contributed by atoms with Gasteiger partial charge in [0.2, 0.25) is 0 Å². The molecule has 1 aromatic carbocycles. The van der Waals surface area contributed by atoms with Crippen molar-refractivity contribution in [3.8, 4) is 0 Å². The van der Waals surface area contributed by atoms with Gasteiger partial charge in [0.25, 0.3) is 5.91 Å². The molecule has 2 aliphatic heterocycles. The highest BCUT2D eigenvalue weighted by Gasteiger charge is 2.47. The van der Waals surface area contributed by atoms with Gasteiger partial charge in [0.1, 0.15) is 6.04 Å². The summed E-state index contributed by atoms with van der Waals surface area (Å²) in [5.41, 5.74) is 1.02. The monoisotopic (exact) mass is 331 g/mol. The molecule has 2 atom stereocenters. The molecule has 2 heterocycles. The first-order valence-electron chi connectivity index (χ1n) is 8.59. The minimum Gasteiger partial charge on any atom is -0.354 e. The number of carbonyl (C=O) groups excluding carboxylic acids is 2. The summed E-state index contributed by atoms with van der Waals surface area (Å²) >= 11 is 0. The lowest BCUT2D eigenvalue weighted by Crippen LogP contribution is -2.70. The van der Waals surface area contributed by atoms with Gasteiger partial charge >= 0.3 is 6.03 Å². The predicted octanol–water partition coefficient (Wildman–Crippen LogP) is 2.60. The molecule has 6 heteroatoms. The molecular formula is C18H25N3O3. The van der Waals surface area contributed by atoms with Crippen LogP contribution in [-0.4, -0.2) is 51.8 Å². The number of carbonyl (C=O) groups is 2. The van der Waals surface area contributed by atoms with Crippen molar-refractivity contribution in [1.29, 1.82) is 0 Å². The molecule has 130 valence electrons. The van der Waals surface area contributed by atoms with Gasteiger partial charge in [-0.15, -0.1) is 0 Å². The summed E-state index contributed by atoms with van der Waals surface area (Å²) in [7, 11) is 0. The number of urea groups is 1. The van der Waals surface area contributed by atoms with Crippen LogP contribution in [0.5, 0.6) is 0 Å². The normalized spacial score (nSPS) is 24.6. The highest BCUT2D eigenvalue weighted by Crippen LogP contribution is 2.28. The molecule has 2 aliphatic rings. The van der Waals surface area contributed by atoms with Crippen molar-refractivity contribution in [3.05, 3.63) is 35.9 Å². The van der Waals surface area contributed by atoms with Gasteiger partial charge < -0.3 is 9.64 Å². The first-order chi connectivity index (χ1) is 11.5. The molecule has 6 nitrogen and oxygen atoms in total. The Morgan fingerprint density at radius 2 is 1.92 bits per heavy atom. The second-order valence-electron chi connectivity index (χ2n) is 6.66. The second-order valence-corrected chi connectivity index (χ2v) is 6.66. The van der Waals surface area contributed by atoms with Crippen molar-refractivity contribution < 1.29 is 14.3 Å². The van der Waals surface area contributed by atoms with Crippen LogP contribution in [-0.2, 0) is 16.1 Å². The fourth-order valence-corrected chi connectivity index (χ4v) is 3.31. The molecule has 1 aromatic rings. The number of hydrogen-bond acceptors (Lipinski definition) is 3. The van der Waals surface area contributed by atoms with Crippen LogP contribution in [0.1, 0.15) is 39.2 Å². The summed E-state index contributed by atoms with van der Waals surface area (Å²) in [6, 6.07) is 9.14. The SMILES string of the molecule is CC(C)OC1CCCN2C(=O)N(Cc3ccccc3)[C@@H](C)C(=O)N12. The molecule has 0 bridgehead atoms. The van der Waals surface area contributed by atoms with Gasteiger partial charge in [-0.25, -0.2) is 14.8 Å². The fourth-order valence-electron chi connectivity index (χ4n) is 3.31. The quantitative estimate of drug-likeness (QED) is 0.852. The average Bonchev–Trinajstić information content (AvgIpc) is 2.57. The molecule has 0 radical (unpaired) electrons. The number of fused-ring (bicyclic) bond motifs is 1. The molecule has 2 saturated heterocycles. The summed E-state index contributed by atoms with van der Waals surface area (Å²) in [5, 5.41) is 3.10. The molecule has 3 rings (SSSR count). The van der Waals surface area contributed by atoms with Crippen molar-refractivity contribution in [3.63, 3.8) is 0 Å². The molecule has 0 aliphatic carbocycles. The number of benzene rings is 1. The van der Waals surface area contributed by atoms with E-state index in [0.717, 1.165) is 18.4 Å². The second kappa shape index (κ2) is 6.81. The van der Waals surface area contributed by atoms with Crippen LogP contribution in [0.4, 0.5) is 4.79 Å². The van der Waals surface area contributed by atoms with Crippen LogP contribution >= 0.6 is 0 Å². The largest absolute Gasteiger partial charge is 0.354 e. The number of amides is 3.